The van der Waals surface area contributed by atoms with E-state index in [2.05, 4.69) is 0 Å². The highest BCUT2D eigenvalue weighted by Gasteiger charge is 2.19. The second-order valence-electron chi connectivity index (χ2n) is 4.86. The fraction of sp³-hybridized carbons (Fsp3) is 0.250. The quantitative estimate of drug-likeness (QED) is 0.943. The summed E-state index contributed by atoms with van der Waals surface area (Å²) in [6, 6.07) is 9.38. The van der Waals surface area contributed by atoms with E-state index in [9.17, 15) is 9.50 Å². The van der Waals surface area contributed by atoms with Crippen molar-refractivity contribution in [1.82, 2.24) is 0 Å². The van der Waals surface area contributed by atoms with E-state index in [0.717, 1.165) is 5.56 Å². The molecule has 0 fully saturated rings. The highest BCUT2D eigenvalue weighted by Crippen LogP contribution is 2.38. The number of rotatable bonds is 3. The minimum Gasteiger partial charge on any atom is -0.486 e. The number of aliphatic hydroxyl groups excluding tert-OH is 1. The highest BCUT2D eigenvalue weighted by molar-refractivity contribution is 6.31. The van der Waals surface area contributed by atoms with Crippen LogP contribution in [0.2, 0.25) is 5.02 Å². The monoisotopic (exact) mass is 308 g/mol. The van der Waals surface area contributed by atoms with Crippen molar-refractivity contribution in [3.63, 3.8) is 0 Å². The van der Waals surface area contributed by atoms with Crippen molar-refractivity contribution in [3.05, 3.63) is 58.4 Å². The van der Waals surface area contributed by atoms with Gasteiger partial charge in [0.2, 0.25) is 0 Å². The molecule has 1 aliphatic heterocycles. The number of aliphatic hydroxyl groups is 1. The van der Waals surface area contributed by atoms with Gasteiger partial charge in [0.25, 0.3) is 0 Å². The molecule has 0 amide bonds. The van der Waals surface area contributed by atoms with E-state index in [4.69, 9.17) is 21.1 Å². The lowest BCUT2D eigenvalue weighted by molar-refractivity contribution is 0.164. The SMILES string of the molecule is OC(Cc1ccc(F)cc1)c1cc2c(cc1Cl)OCCO2. The van der Waals surface area contributed by atoms with Crippen molar-refractivity contribution in [3.8, 4) is 11.5 Å². The second-order valence-corrected chi connectivity index (χ2v) is 5.27. The van der Waals surface area contributed by atoms with E-state index in [1.54, 1.807) is 24.3 Å². The van der Waals surface area contributed by atoms with E-state index < -0.39 is 6.10 Å². The Hall–Kier alpha value is -1.78. The number of fused-ring (bicyclic) bond motifs is 1. The largest absolute Gasteiger partial charge is 0.486 e. The van der Waals surface area contributed by atoms with Crippen LogP contribution >= 0.6 is 11.6 Å². The van der Waals surface area contributed by atoms with Gasteiger partial charge >= 0.3 is 0 Å². The molecule has 21 heavy (non-hydrogen) atoms. The minimum absolute atomic E-state index is 0.300. The summed E-state index contributed by atoms with van der Waals surface area (Å²) in [6.45, 7) is 0.961. The predicted molar refractivity (Wildman–Crippen MR) is 77.5 cm³/mol. The van der Waals surface area contributed by atoms with Crippen LogP contribution in [-0.2, 0) is 6.42 Å². The number of hydrogen-bond donors (Lipinski definition) is 1. The highest BCUT2D eigenvalue weighted by atomic mass is 35.5. The zero-order valence-electron chi connectivity index (χ0n) is 11.2. The molecule has 0 spiro atoms. The van der Waals surface area contributed by atoms with Gasteiger partial charge in [0.05, 0.1) is 11.1 Å². The molecule has 2 aromatic carbocycles. The zero-order chi connectivity index (χ0) is 14.8. The Labute approximate surface area is 126 Å². The molecule has 110 valence electrons. The molecule has 1 heterocycles. The van der Waals surface area contributed by atoms with Crippen LogP contribution in [0.4, 0.5) is 4.39 Å². The first-order valence-corrected chi connectivity index (χ1v) is 7.03. The molecule has 2 aromatic rings. The molecule has 5 heteroatoms. The lowest BCUT2D eigenvalue weighted by atomic mass is 10.0. The van der Waals surface area contributed by atoms with Gasteiger partial charge in [-0.3, -0.25) is 0 Å². The van der Waals surface area contributed by atoms with Crippen LogP contribution in [0.15, 0.2) is 36.4 Å². The molecule has 1 aliphatic rings. The Balaban J connectivity index is 1.83. The Bertz CT molecular complexity index is 643. The maximum Gasteiger partial charge on any atom is 0.162 e. The van der Waals surface area contributed by atoms with Crippen LogP contribution in [-0.4, -0.2) is 18.3 Å². The molecule has 3 rings (SSSR count). The third-order valence-corrected chi connectivity index (χ3v) is 3.69. The minimum atomic E-state index is -0.793. The number of ether oxygens (including phenoxy) is 2. The Kier molecular flexibility index (Phi) is 3.99. The third-order valence-electron chi connectivity index (χ3n) is 3.36. The van der Waals surface area contributed by atoms with Gasteiger partial charge in [0.1, 0.15) is 19.0 Å². The van der Waals surface area contributed by atoms with Crippen LogP contribution in [0.25, 0.3) is 0 Å². The average Bonchev–Trinajstić information content (AvgIpc) is 2.49. The lowest BCUT2D eigenvalue weighted by Gasteiger charge is -2.21. The molecule has 0 radical (unpaired) electrons. The molecular weight excluding hydrogens is 295 g/mol. The predicted octanol–water partition coefficient (Wildman–Crippen LogP) is 3.53. The van der Waals surface area contributed by atoms with E-state index in [1.165, 1.54) is 12.1 Å². The van der Waals surface area contributed by atoms with Gasteiger partial charge in [0, 0.05) is 18.1 Å². The number of hydrogen-bond acceptors (Lipinski definition) is 3. The third kappa shape index (κ3) is 3.12. The molecule has 0 saturated heterocycles. The molecule has 0 bridgehead atoms. The number of halogens is 2. The van der Waals surface area contributed by atoms with Crippen molar-refractivity contribution < 1.29 is 19.0 Å². The fourth-order valence-electron chi connectivity index (χ4n) is 2.29. The summed E-state index contributed by atoms with van der Waals surface area (Å²) >= 11 is 6.19. The van der Waals surface area contributed by atoms with Gasteiger partial charge in [0.15, 0.2) is 11.5 Å². The van der Waals surface area contributed by atoms with Gasteiger partial charge in [-0.15, -0.1) is 0 Å². The van der Waals surface area contributed by atoms with Crippen LogP contribution in [0.1, 0.15) is 17.2 Å². The summed E-state index contributed by atoms with van der Waals surface area (Å²) < 4.78 is 23.8. The van der Waals surface area contributed by atoms with Gasteiger partial charge in [-0.05, 0) is 23.8 Å². The van der Waals surface area contributed by atoms with Gasteiger partial charge in [-0.2, -0.15) is 0 Å². The maximum absolute atomic E-state index is 12.9. The topological polar surface area (TPSA) is 38.7 Å². The number of benzene rings is 2. The van der Waals surface area contributed by atoms with Gasteiger partial charge in [-0.1, -0.05) is 23.7 Å². The first-order valence-electron chi connectivity index (χ1n) is 6.65. The summed E-state index contributed by atoms with van der Waals surface area (Å²) in [5.74, 6) is 0.869. The van der Waals surface area contributed by atoms with E-state index in [-0.39, 0.29) is 5.82 Å². The molecule has 0 saturated carbocycles. The van der Waals surface area contributed by atoms with Crippen LogP contribution in [0.3, 0.4) is 0 Å². The average molecular weight is 309 g/mol. The molecule has 3 nitrogen and oxygen atoms in total. The van der Waals surface area contributed by atoms with Crippen molar-refractivity contribution in [2.75, 3.05) is 13.2 Å². The van der Waals surface area contributed by atoms with Crippen LogP contribution in [0.5, 0.6) is 11.5 Å². The summed E-state index contributed by atoms with van der Waals surface area (Å²) in [4.78, 5) is 0. The van der Waals surface area contributed by atoms with E-state index >= 15 is 0 Å². The molecular formula is C16H14ClFO3. The molecule has 0 aliphatic carbocycles. The summed E-state index contributed by atoms with van der Waals surface area (Å²) in [7, 11) is 0. The summed E-state index contributed by atoms with van der Waals surface area (Å²) in [6.07, 6.45) is -0.446. The zero-order valence-corrected chi connectivity index (χ0v) is 11.9. The Morgan fingerprint density at radius 3 is 2.38 bits per heavy atom. The van der Waals surface area contributed by atoms with Crippen LogP contribution < -0.4 is 9.47 Å². The Morgan fingerprint density at radius 1 is 1.10 bits per heavy atom. The first kappa shape index (κ1) is 14.2. The molecule has 1 unspecified atom stereocenters. The lowest BCUT2D eigenvalue weighted by Crippen LogP contribution is -2.16. The standard InChI is InChI=1S/C16H14ClFO3/c17-13-9-16-15(20-5-6-21-16)8-12(13)14(19)7-10-1-3-11(18)4-2-10/h1-4,8-9,14,19H,5-7H2. The van der Waals surface area contributed by atoms with Crippen molar-refractivity contribution in [2.24, 2.45) is 0 Å². The van der Waals surface area contributed by atoms with Crippen molar-refractivity contribution in [2.45, 2.75) is 12.5 Å². The molecule has 1 atom stereocenters. The molecule has 1 N–H and O–H groups in total. The maximum atomic E-state index is 12.9. The van der Waals surface area contributed by atoms with Crippen molar-refractivity contribution >= 4 is 11.6 Å². The summed E-state index contributed by atoms with van der Waals surface area (Å²) in [5.41, 5.74) is 1.40. The van der Waals surface area contributed by atoms with Gasteiger partial charge in [-0.25, -0.2) is 4.39 Å². The van der Waals surface area contributed by atoms with Crippen LogP contribution in [0, 0.1) is 5.82 Å². The van der Waals surface area contributed by atoms with E-state index in [1.807, 2.05) is 0 Å². The normalized spacial score (nSPS) is 14.8. The molecule has 0 aromatic heterocycles. The van der Waals surface area contributed by atoms with E-state index in [0.29, 0.717) is 41.7 Å². The fourth-order valence-corrected chi connectivity index (χ4v) is 2.57. The first-order chi connectivity index (χ1) is 10.1. The smallest absolute Gasteiger partial charge is 0.162 e. The summed E-state index contributed by atoms with van der Waals surface area (Å²) in [5, 5.41) is 10.8. The second kappa shape index (κ2) is 5.92. The van der Waals surface area contributed by atoms with Crippen molar-refractivity contribution in [1.29, 1.82) is 0 Å². The Morgan fingerprint density at radius 2 is 1.71 bits per heavy atom. The van der Waals surface area contributed by atoms with Gasteiger partial charge < -0.3 is 14.6 Å².